The van der Waals surface area contributed by atoms with Gasteiger partial charge in [0.25, 0.3) is 5.91 Å². The topological polar surface area (TPSA) is 55.1 Å². The van der Waals surface area contributed by atoms with Gasteiger partial charge in [-0.25, -0.2) is 8.78 Å². The van der Waals surface area contributed by atoms with Crippen molar-refractivity contribution in [1.82, 2.24) is 5.32 Å². The Bertz CT molecular complexity index is 513. The lowest BCUT2D eigenvalue weighted by atomic mass is 9.92. The average molecular weight is 337 g/mol. The Labute approximate surface area is 132 Å². The summed E-state index contributed by atoms with van der Waals surface area (Å²) in [5.41, 5.74) is 6.42. The Balaban J connectivity index is 0.00000161. The molecule has 2 atom stereocenters. The number of thiophene rings is 1. The Morgan fingerprint density at radius 1 is 1.38 bits per heavy atom. The normalized spacial score (nSPS) is 27.8. The van der Waals surface area contributed by atoms with Crippen LogP contribution in [0.25, 0.3) is 0 Å². The predicted octanol–water partition coefficient (Wildman–Crippen LogP) is 3.29. The number of alkyl halides is 2. The van der Waals surface area contributed by atoms with Crippen molar-refractivity contribution in [3.05, 3.63) is 21.9 Å². The number of hydrogen-bond donors (Lipinski definition) is 2. The SMILES string of the molecule is Cl.NC1CC1c1cc(C(=O)NC2CCC(F)(F)CC2)cs1. The first kappa shape index (κ1) is 16.6. The zero-order valence-corrected chi connectivity index (χ0v) is 13.1. The fourth-order valence-corrected chi connectivity index (χ4v) is 3.74. The van der Waals surface area contributed by atoms with E-state index in [1.807, 2.05) is 11.4 Å². The summed E-state index contributed by atoms with van der Waals surface area (Å²) < 4.78 is 26.1. The fourth-order valence-electron chi connectivity index (χ4n) is 2.66. The predicted molar refractivity (Wildman–Crippen MR) is 81.6 cm³/mol. The van der Waals surface area contributed by atoms with E-state index in [0.29, 0.717) is 24.3 Å². The molecule has 1 heterocycles. The first-order chi connectivity index (χ1) is 9.44. The molecule has 0 aromatic carbocycles. The molecule has 0 spiro atoms. The largest absolute Gasteiger partial charge is 0.349 e. The molecule has 1 aromatic rings. The number of hydrogen-bond acceptors (Lipinski definition) is 3. The molecular formula is C14H19ClF2N2OS. The molecular weight excluding hydrogens is 318 g/mol. The summed E-state index contributed by atoms with van der Waals surface area (Å²) in [4.78, 5) is 13.2. The lowest BCUT2D eigenvalue weighted by Crippen LogP contribution is -2.40. The third-order valence-electron chi connectivity index (χ3n) is 4.14. The van der Waals surface area contributed by atoms with Crippen molar-refractivity contribution in [1.29, 1.82) is 0 Å². The van der Waals surface area contributed by atoms with Crippen LogP contribution in [0.15, 0.2) is 11.4 Å². The third-order valence-corrected chi connectivity index (χ3v) is 5.20. The van der Waals surface area contributed by atoms with E-state index in [-0.39, 0.29) is 43.2 Å². The minimum atomic E-state index is -2.56. The summed E-state index contributed by atoms with van der Waals surface area (Å²) in [6, 6.07) is 1.98. The van der Waals surface area contributed by atoms with Gasteiger partial charge >= 0.3 is 0 Å². The first-order valence-corrected chi connectivity index (χ1v) is 7.85. The van der Waals surface area contributed by atoms with Gasteiger partial charge in [-0.1, -0.05) is 0 Å². The van der Waals surface area contributed by atoms with Gasteiger partial charge in [0.2, 0.25) is 5.92 Å². The molecule has 21 heavy (non-hydrogen) atoms. The lowest BCUT2D eigenvalue weighted by Gasteiger charge is -2.28. The van der Waals surface area contributed by atoms with Crippen molar-refractivity contribution < 1.29 is 13.6 Å². The summed E-state index contributed by atoms with van der Waals surface area (Å²) in [7, 11) is 0. The van der Waals surface area contributed by atoms with Crippen LogP contribution < -0.4 is 11.1 Å². The maximum atomic E-state index is 13.1. The molecule has 2 aliphatic rings. The summed E-state index contributed by atoms with van der Waals surface area (Å²) in [5.74, 6) is -2.31. The van der Waals surface area contributed by atoms with E-state index in [2.05, 4.69) is 5.32 Å². The van der Waals surface area contributed by atoms with Crippen LogP contribution in [-0.2, 0) is 0 Å². The molecule has 1 aromatic heterocycles. The molecule has 2 unspecified atom stereocenters. The minimum absolute atomic E-state index is 0. The Morgan fingerprint density at radius 3 is 2.57 bits per heavy atom. The molecule has 2 aliphatic carbocycles. The second-order valence-corrected chi connectivity index (χ2v) is 6.79. The summed E-state index contributed by atoms with van der Waals surface area (Å²) in [6.07, 6.45) is 1.42. The van der Waals surface area contributed by atoms with Crippen LogP contribution >= 0.6 is 23.7 Å². The van der Waals surface area contributed by atoms with Crippen molar-refractivity contribution in [3.8, 4) is 0 Å². The smallest absolute Gasteiger partial charge is 0.252 e. The highest BCUT2D eigenvalue weighted by Gasteiger charge is 2.37. The number of nitrogens with two attached hydrogens (primary N) is 1. The van der Waals surface area contributed by atoms with Gasteiger partial charge in [0.15, 0.2) is 0 Å². The van der Waals surface area contributed by atoms with E-state index in [1.54, 1.807) is 11.3 Å². The quantitative estimate of drug-likeness (QED) is 0.890. The molecule has 3 nitrogen and oxygen atoms in total. The van der Waals surface area contributed by atoms with Crippen molar-refractivity contribution in [2.24, 2.45) is 5.73 Å². The Hall–Kier alpha value is -0.720. The van der Waals surface area contributed by atoms with Crippen LogP contribution in [0, 0.1) is 0 Å². The number of carbonyl (C=O) groups excluding carboxylic acids is 1. The number of nitrogens with one attached hydrogen (secondary N) is 1. The van der Waals surface area contributed by atoms with Crippen LogP contribution in [0.2, 0.25) is 0 Å². The maximum absolute atomic E-state index is 13.1. The molecule has 0 saturated heterocycles. The van der Waals surface area contributed by atoms with E-state index in [1.165, 1.54) is 0 Å². The lowest BCUT2D eigenvalue weighted by molar-refractivity contribution is -0.0399. The zero-order chi connectivity index (χ0) is 14.3. The van der Waals surface area contributed by atoms with Gasteiger partial charge in [0.1, 0.15) is 0 Å². The van der Waals surface area contributed by atoms with E-state index < -0.39 is 5.92 Å². The highest BCUT2D eigenvalue weighted by molar-refractivity contribution is 7.10. The molecule has 2 fully saturated rings. The van der Waals surface area contributed by atoms with Gasteiger partial charge in [-0.15, -0.1) is 23.7 Å². The van der Waals surface area contributed by atoms with E-state index in [4.69, 9.17) is 5.73 Å². The minimum Gasteiger partial charge on any atom is -0.349 e. The van der Waals surface area contributed by atoms with Gasteiger partial charge in [-0.2, -0.15) is 0 Å². The fraction of sp³-hybridized carbons (Fsp3) is 0.643. The highest BCUT2D eigenvalue weighted by atomic mass is 35.5. The Morgan fingerprint density at radius 2 is 2.00 bits per heavy atom. The second-order valence-electron chi connectivity index (χ2n) is 5.85. The van der Waals surface area contributed by atoms with Crippen LogP contribution in [0.4, 0.5) is 8.78 Å². The standard InChI is InChI=1S/C14H18F2N2OS.ClH/c15-14(16)3-1-9(2-4-14)18-13(19)8-5-12(20-7-8)10-6-11(10)17;/h5,7,9-11H,1-4,6,17H2,(H,18,19);1H. The molecule has 1 amide bonds. The molecule has 0 aliphatic heterocycles. The van der Waals surface area contributed by atoms with Gasteiger partial charge < -0.3 is 11.1 Å². The highest BCUT2D eigenvalue weighted by Crippen LogP contribution is 2.42. The van der Waals surface area contributed by atoms with Crippen LogP contribution in [0.1, 0.15) is 53.3 Å². The van der Waals surface area contributed by atoms with Gasteiger partial charge in [0, 0.05) is 41.1 Å². The summed E-state index contributed by atoms with van der Waals surface area (Å²) >= 11 is 1.55. The van der Waals surface area contributed by atoms with Crippen molar-refractivity contribution in [2.45, 2.75) is 56.0 Å². The van der Waals surface area contributed by atoms with E-state index >= 15 is 0 Å². The first-order valence-electron chi connectivity index (χ1n) is 6.97. The monoisotopic (exact) mass is 336 g/mol. The van der Waals surface area contributed by atoms with Crippen LogP contribution in [0.5, 0.6) is 0 Å². The summed E-state index contributed by atoms with van der Waals surface area (Å²) in [6.45, 7) is 0. The number of amides is 1. The number of rotatable bonds is 3. The molecule has 0 radical (unpaired) electrons. The molecule has 118 valence electrons. The average Bonchev–Trinajstić information content (AvgIpc) is 2.92. The maximum Gasteiger partial charge on any atom is 0.252 e. The van der Waals surface area contributed by atoms with Crippen LogP contribution in [-0.4, -0.2) is 23.9 Å². The third kappa shape index (κ3) is 3.93. The second kappa shape index (κ2) is 6.18. The van der Waals surface area contributed by atoms with E-state index in [9.17, 15) is 13.6 Å². The van der Waals surface area contributed by atoms with Gasteiger partial charge in [-0.3, -0.25) is 4.79 Å². The van der Waals surface area contributed by atoms with Crippen molar-refractivity contribution in [2.75, 3.05) is 0 Å². The van der Waals surface area contributed by atoms with Gasteiger partial charge in [-0.05, 0) is 25.3 Å². The molecule has 0 bridgehead atoms. The molecule has 7 heteroatoms. The van der Waals surface area contributed by atoms with Crippen LogP contribution in [0.3, 0.4) is 0 Å². The molecule has 3 rings (SSSR count). The zero-order valence-electron chi connectivity index (χ0n) is 11.5. The number of carbonyl (C=O) groups is 1. The van der Waals surface area contributed by atoms with Gasteiger partial charge in [0.05, 0.1) is 5.56 Å². The summed E-state index contributed by atoms with van der Waals surface area (Å²) in [5, 5.41) is 4.69. The number of halogens is 3. The molecule has 2 saturated carbocycles. The van der Waals surface area contributed by atoms with E-state index in [0.717, 1.165) is 11.3 Å². The molecule has 3 N–H and O–H groups in total. The Kier molecular flexibility index (Phi) is 4.90. The van der Waals surface area contributed by atoms with Crippen molar-refractivity contribution in [3.63, 3.8) is 0 Å². The van der Waals surface area contributed by atoms with Crippen molar-refractivity contribution >= 4 is 29.7 Å².